The molecule has 0 aliphatic rings. The summed E-state index contributed by atoms with van der Waals surface area (Å²) < 4.78 is 12.8. The van der Waals surface area contributed by atoms with Crippen LogP contribution in [0.5, 0.6) is 0 Å². The van der Waals surface area contributed by atoms with E-state index in [2.05, 4.69) is 15.6 Å². The topological polar surface area (TPSA) is 54.0 Å². The Morgan fingerprint density at radius 2 is 1.95 bits per heavy atom. The zero-order chi connectivity index (χ0) is 13.7. The predicted molar refractivity (Wildman–Crippen MR) is 71.2 cm³/mol. The zero-order valence-corrected chi connectivity index (χ0v) is 10.4. The van der Waals surface area contributed by atoms with Gasteiger partial charge in [0.15, 0.2) is 0 Å². The number of nitrogens with zero attached hydrogens (tertiary/aromatic N) is 1. The summed E-state index contributed by atoms with van der Waals surface area (Å²) in [6, 6.07) is 10.7. The molecular formula is C14H14FN3O. The molecule has 0 spiro atoms. The Bertz CT molecular complexity index is 542. The van der Waals surface area contributed by atoms with E-state index in [4.69, 9.17) is 0 Å². The fraction of sp³-hybridized carbons (Fsp3) is 0.143. The number of carbonyl (C=O) groups is 1. The first-order valence-corrected chi connectivity index (χ1v) is 5.89. The van der Waals surface area contributed by atoms with E-state index >= 15 is 0 Å². The van der Waals surface area contributed by atoms with Crippen molar-refractivity contribution in [2.75, 3.05) is 5.32 Å². The van der Waals surface area contributed by atoms with Crippen molar-refractivity contribution in [3.63, 3.8) is 0 Å². The van der Waals surface area contributed by atoms with Crippen LogP contribution in [0.3, 0.4) is 0 Å². The average molecular weight is 259 g/mol. The molecule has 0 aliphatic heterocycles. The normalized spacial score (nSPS) is 11.7. The molecule has 1 aromatic carbocycles. The Morgan fingerprint density at radius 3 is 2.58 bits per heavy atom. The number of rotatable bonds is 3. The van der Waals surface area contributed by atoms with Crippen LogP contribution in [0.1, 0.15) is 18.5 Å². The number of pyridine rings is 1. The summed E-state index contributed by atoms with van der Waals surface area (Å²) in [4.78, 5) is 15.7. The molecule has 1 aromatic heterocycles. The molecular weight excluding hydrogens is 245 g/mol. The fourth-order valence-corrected chi connectivity index (χ4v) is 1.62. The van der Waals surface area contributed by atoms with E-state index in [9.17, 15) is 9.18 Å². The van der Waals surface area contributed by atoms with Crippen molar-refractivity contribution in [1.29, 1.82) is 0 Å². The highest BCUT2D eigenvalue weighted by Crippen LogP contribution is 2.13. The third kappa shape index (κ3) is 3.77. The van der Waals surface area contributed by atoms with E-state index in [1.165, 1.54) is 12.1 Å². The van der Waals surface area contributed by atoms with Gasteiger partial charge >= 0.3 is 6.03 Å². The highest BCUT2D eigenvalue weighted by atomic mass is 19.1. The van der Waals surface area contributed by atoms with Crippen molar-refractivity contribution in [2.24, 2.45) is 0 Å². The van der Waals surface area contributed by atoms with Gasteiger partial charge in [0, 0.05) is 6.20 Å². The van der Waals surface area contributed by atoms with Crippen LogP contribution in [0, 0.1) is 5.82 Å². The van der Waals surface area contributed by atoms with Gasteiger partial charge in [0.2, 0.25) is 0 Å². The second-order valence-corrected chi connectivity index (χ2v) is 4.09. The van der Waals surface area contributed by atoms with Gasteiger partial charge in [0.05, 0.1) is 6.04 Å². The number of benzene rings is 1. The summed E-state index contributed by atoms with van der Waals surface area (Å²) in [5, 5.41) is 5.37. The molecule has 0 radical (unpaired) electrons. The minimum absolute atomic E-state index is 0.218. The average Bonchev–Trinajstić information content (AvgIpc) is 2.40. The molecule has 2 amide bonds. The van der Waals surface area contributed by atoms with Crippen molar-refractivity contribution < 1.29 is 9.18 Å². The van der Waals surface area contributed by atoms with Crippen molar-refractivity contribution in [1.82, 2.24) is 10.3 Å². The summed E-state index contributed by atoms with van der Waals surface area (Å²) in [5.74, 6) is 0.181. The lowest BCUT2D eigenvalue weighted by Gasteiger charge is -2.14. The number of halogens is 1. The van der Waals surface area contributed by atoms with Crippen molar-refractivity contribution in [3.8, 4) is 0 Å². The smallest absolute Gasteiger partial charge is 0.320 e. The first kappa shape index (κ1) is 13.0. The Hall–Kier alpha value is -2.43. The van der Waals surface area contributed by atoms with Crippen LogP contribution in [-0.2, 0) is 0 Å². The molecule has 0 fully saturated rings. The second-order valence-electron chi connectivity index (χ2n) is 4.09. The van der Waals surface area contributed by atoms with Crippen LogP contribution in [0.15, 0.2) is 48.7 Å². The molecule has 5 heteroatoms. The number of aromatic nitrogens is 1. The molecule has 0 saturated heterocycles. The summed E-state index contributed by atoms with van der Waals surface area (Å²) in [7, 11) is 0. The number of hydrogen-bond donors (Lipinski definition) is 2. The predicted octanol–water partition coefficient (Wildman–Crippen LogP) is 3.10. The van der Waals surface area contributed by atoms with E-state index in [1.807, 2.05) is 6.92 Å². The van der Waals surface area contributed by atoms with E-state index in [0.717, 1.165) is 5.56 Å². The minimum Gasteiger partial charge on any atom is -0.331 e. The van der Waals surface area contributed by atoms with Crippen LogP contribution < -0.4 is 10.6 Å². The van der Waals surface area contributed by atoms with E-state index in [1.54, 1.807) is 36.5 Å². The Labute approximate surface area is 110 Å². The van der Waals surface area contributed by atoms with Gasteiger partial charge in [-0.15, -0.1) is 0 Å². The van der Waals surface area contributed by atoms with Gasteiger partial charge in [0.1, 0.15) is 11.6 Å². The van der Waals surface area contributed by atoms with Gasteiger partial charge in [-0.1, -0.05) is 18.2 Å². The Kier molecular flexibility index (Phi) is 4.07. The fourth-order valence-electron chi connectivity index (χ4n) is 1.62. The molecule has 2 aromatic rings. The van der Waals surface area contributed by atoms with Gasteiger partial charge in [-0.25, -0.2) is 14.2 Å². The highest BCUT2D eigenvalue weighted by Gasteiger charge is 2.09. The third-order valence-corrected chi connectivity index (χ3v) is 2.62. The van der Waals surface area contributed by atoms with E-state index in [0.29, 0.717) is 5.82 Å². The van der Waals surface area contributed by atoms with Crippen molar-refractivity contribution in [2.45, 2.75) is 13.0 Å². The molecule has 0 bridgehead atoms. The number of urea groups is 1. The monoisotopic (exact) mass is 259 g/mol. The van der Waals surface area contributed by atoms with E-state index in [-0.39, 0.29) is 17.9 Å². The van der Waals surface area contributed by atoms with Crippen molar-refractivity contribution >= 4 is 11.8 Å². The Morgan fingerprint density at radius 1 is 1.21 bits per heavy atom. The summed E-state index contributed by atoms with van der Waals surface area (Å²) in [5.41, 5.74) is 0.831. The number of nitrogens with one attached hydrogen (secondary N) is 2. The summed E-state index contributed by atoms with van der Waals surface area (Å²) in [6.07, 6.45) is 1.60. The quantitative estimate of drug-likeness (QED) is 0.889. The molecule has 1 atom stereocenters. The highest BCUT2D eigenvalue weighted by molar-refractivity contribution is 5.88. The van der Waals surface area contributed by atoms with Gasteiger partial charge < -0.3 is 5.32 Å². The number of hydrogen-bond acceptors (Lipinski definition) is 2. The molecule has 19 heavy (non-hydrogen) atoms. The maximum atomic E-state index is 12.8. The molecule has 98 valence electrons. The van der Waals surface area contributed by atoms with E-state index < -0.39 is 0 Å². The summed E-state index contributed by atoms with van der Waals surface area (Å²) >= 11 is 0. The molecule has 0 saturated carbocycles. The minimum atomic E-state index is -0.351. The summed E-state index contributed by atoms with van der Waals surface area (Å²) in [6.45, 7) is 1.82. The lowest BCUT2D eigenvalue weighted by Crippen LogP contribution is -2.31. The molecule has 0 unspecified atom stereocenters. The molecule has 1 heterocycles. The lowest BCUT2D eigenvalue weighted by atomic mass is 10.1. The van der Waals surface area contributed by atoms with Gasteiger partial charge in [-0.2, -0.15) is 0 Å². The zero-order valence-electron chi connectivity index (χ0n) is 10.4. The van der Waals surface area contributed by atoms with Gasteiger partial charge in [0.25, 0.3) is 0 Å². The Balaban J connectivity index is 1.93. The van der Waals surface area contributed by atoms with Crippen molar-refractivity contribution in [3.05, 3.63) is 60.0 Å². The molecule has 2 N–H and O–H groups in total. The number of amides is 2. The van der Waals surface area contributed by atoms with Crippen LogP contribution in [0.2, 0.25) is 0 Å². The van der Waals surface area contributed by atoms with Crippen LogP contribution in [-0.4, -0.2) is 11.0 Å². The maximum absolute atomic E-state index is 12.8. The first-order chi connectivity index (χ1) is 9.15. The van der Waals surface area contributed by atoms with Crippen LogP contribution in [0.4, 0.5) is 15.0 Å². The van der Waals surface area contributed by atoms with Gasteiger partial charge in [-0.3, -0.25) is 5.32 Å². The molecule has 2 rings (SSSR count). The number of anilines is 1. The molecule has 4 nitrogen and oxygen atoms in total. The molecule has 0 aliphatic carbocycles. The van der Waals surface area contributed by atoms with Crippen LogP contribution in [0.25, 0.3) is 0 Å². The first-order valence-electron chi connectivity index (χ1n) is 5.89. The maximum Gasteiger partial charge on any atom is 0.320 e. The third-order valence-electron chi connectivity index (χ3n) is 2.62. The largest absolute Gasteiger partial charge is 0.331 e. The number of carbonyl (C=O) groups excluding carboxylic acids is 1. The van der Waals surface area contributed by atoms with Gasteiger partial charge in [-0.05, 0) is 36.8 Å². The second kappa shape index (κ2) is 5.95. The standard InChI is InChI=1S/C14H14FN3O/c1-10(11-5-7-12(15)8-6-11)17-14(19)18-13-4-2-3-9-16-13/h2-10H,1H3,(H2,16,17,18,19)/t10-/m1/s1. The van der Waals surface area contributed by atoms with Crippen LogP contribution >= 0.6 is 0 Å². The SMILES string of the molecule is C[C@@H](NC(=O)Nc1ccccn1)c1ccc(F)cc1. The lowest BCUT2D eigenvalue weighted by molar-refractivity contribution is 0.249.